The van der Waals surface area contributed by atoms with Crippen LogP contribution in [0.1, 0.15) is 13.8 Å². The highest BCUT2D eigenvalue weighted by Gasteiger charge is 2.05. The standard InChI is InChI=1S/C10H19O3/c1-5-6-12-7-10(3)13-8-9(2)11-4/h5,9-10H,1,4,6-8H2,2-3H3. The van der Waals surface area contributed by atoms with E-state index in [1.165, 1.54) is 0 Å². The molecule has 0 aromatic heterocycles. The van der Waals surface area contributed by atoms with Gasteiger partial charge in [-0.05, 0) is 13.8 Å². The van der Waals surface area contributed by atoms with Crippen LogP contribution in [-0.4, -0.2) is 32.0 Å². The Hall–Kier alpha value is -0.380. The Morgan fingerprint density at radius 3 is 2.46 bits per heavy atom. The molecule has 2 unspecified atom stereocenters. The Balaban J connectivity index is 3.28. The summed E-state index contributed by atoms with van der Waals surface area (Å²) in [5.41, 5.74) is 0. The molecule has 0 aromatic carbocycles. The topological polar surface area (TPSA) is 27.7 Å². The molecule has 0 aliphatic heterocycles. The molecule has 0 N–H and O–H groups in total. The molecule has 13 heavy (non-hydrogen) atoms. The van der Waals surface area contributed by atoms with Gasteiger partial charge in [-0.1, -0.05) is 6.08 Å². The van der Waals surface area contributed by atoms with Gasteiger partial charge in [0.1, 0.15) is 0 Å². The lowest BCUT2D eigenvalue weighted by molar-refractivity contribution is -0.0363. The molecule has 0 amide bonds. The highest BCUT2D eigenvalue weighted by Crippen LogP contribution is 1.96. The third kappa shape index (κ3) is 7.96. The number of hydrogen-bond donors (Lipinski definition) is 0. The van der Waals surface area contributed by atoms with Crippen LogP contribution in [0.25, 0.3) is 0 Å². The molecule has 0 rings (SSSR count). The molecular weight excluding hydrogens is 168 g/mol. The molecule has 1 radical (unpaired) electrons. The van der Waals surface area contributed by atoms with Crippen molar-refractivity contribution in [2.45, 2.75) is 26.1 Å². The minimum Gasteiger partial charge on any atom is -0.375 e. The summed E-state index contributed by atoms with van der Waals surface area (Å²) >= 11 is 0. The van der Waals surface area contributed by atoms with Crippen molar-refractivity contribution in [1.82, 2.24) is 0 Å². The molecule has 0 saturated carbocycles. The van der Waals surface area contributed by atoms with Crippen LogP contribution in [0.2, 0.25) is 0 Å². The highest BCUT2D eigenvalue weighted by atomic mass is 16.6. The lowest BCUT2D eigenvalue weighted by Crippen LogP contribution is -2.22. The van der Waals surface area contributed by atoms with E-state index in [-0.39, 0.29) is 12.2 Å². The molecule has 2 atom stereocenters. The highest BCUT2D eigenvalue weighted by molar-refractivity contribution is 4.64. The minimum atomic E-state index is 0.0295. The first-order valence-electron chi connectivity index (χ1n) is 4.41. The fourth-order valence-corrected chi connectivity index (χ4v) is 0.713. The fraction of sp³-hybridized carbons (Fsp3) is 0.700. The van der Waals surface area contributed by atoms with Crippen molar-refractivity contribution in [3.63, 3.8) is 0 Å². The SMILES string of the molecule is [CH2]OC(C)COC(C)COCC=C. The van der Waals surface area contributed by atoms with Gasteiger partial charge in [-0.3, -0.25) is 0 Å². The predicted octanol–water partition coefficient (Wildman–Crippen LogP) is 1.79. The first kappa shape index (κ1) is 12.6. The van der Waals surface area contributed by atoms with Crippen LogP contribution in [-0.2, 0) is 14.2 Å². The predicted molar refractivity (Wildman–Crippen MR) is 52.3 cm³/mol. The van der Waals surface area contributed by atoms with E-state index in [4.69, 9.17) is 14.2 Å². The van der Waals surface area contributed by atoms with Gasteiger partial charge in [0.25, 0.3) is 0 Å². The molecule has 0 aliphatic rings. The summed E-state index contributed by atoms with van der Waals surface area (Å²) < 4.78 is 15.4. The van der Waals surface area contributed by atoms with Gasteiger partial charge < -0.3 is 14.2 Å². The van der Waals surface area contributed by atoms with Gasteiger partial charge in [0.15, 0.2) is 0 Å². The van der Waals surface area contributed by atoms with Crippen molar-refractivity contribution < 1.29 is 14.2 Å². The zero-order valence-corrected chi connectivity index (χ0v) is 8.49. The van der Waals surface area contributed by atoms with Crippen molar-refractivity contribution in [3.8, 4) is 0 Å². The molecule has 77 valence electrons. The summed E-state index contributed by atoms with van der Waals surface area (Å²) in [4.78, 5) is 0. The summed E-state index contributed by atoms with van der Waals surface area (Å²) in [5, 5.41) is 0. The molecule has 0 aromatic rings. The van der Waals surface area contributed by atoms with Crippen LogP contribution >= 0.6 is 0 Å². The van der Waals surface area contributed by atoms with Crippen molar-refractivity contribution in [2.75, 3.05) is 19.8 Å². The Labute approximate surface area is 80.7 Å². The second-order valence-corrected chi connectivity index (χ2v) is 2.95. The first-order valence-corrected chi connectivity index (χ1v) is 4.41. The summed E-state index contributed by atoms with van der Waals surface area (Å²) in [6.07, 6.45) is 1.83. The smallest absolute Gasteiger partial charge is 0.0781 e. The third-order valence-electron chi connectivity index (χ3n) is 1.49. The van der Waals surface area contributed by atoms with Crippen LogP contribution in [0.15, 0.2) is 12.7 Å². The molecule has 0 fully saturated rings. The van der Waals surface area contributed by atoms with E-state index in [1.54, 1.807) is 6.08 Å². The van der Waals surface area contributed by atoms with Crippen LogP contribution in [0.4, 0.5) is 0 Å². The van der Waals surface area contributed by atoms with Crippen molar-refractivity contribution >= 4 is 0 Å². The van der Waals surface area contributed by atoms with Gasteiger partial charge in [-0.15, -0.1) is 6.58 Å². The minimum absolute atomic E-state index is 0.0295. The van der Waals surface area contributed by atoms with Gasteiger partial charge in [0, 0.05) is 0 Å². The van der Waals surface area contributed by atoms with Crippen LogP contribution in [0, 0.1) is 7.11 Å². The zero-order valence-electron chi connectivity index (χ0n) is 8.49. The monoisotopic (exact) mass is 187 g/mol. The third-order valence-corrected chi connectivity index (χ3v) is 1.49. The van der Waals surface area contributed by atoms with E-state index in [0.717, 1.165) is 0 Å². The van der Waals surface area contributed by atoms with E-state index < -0.39 is 0 Å². The summed E-state index contributed by atoms with van der Waals surface area (Å²) in [6, 6.07) is 0. The molecular formula is C10H19O3. The van der Waals surface area contributed by atoms with Gasteiger partial charge in [-0.25, -0.2) is 0 Å². The molecule has 0 aliphatic carbocycles. The van der Waals surface area contributed by atoms with Crippen molar-refractivity contribution in [3.05, 3.63) is 19.8 Å². The maximum absolute atomic E-state index is 5.42. The second kappa shape index (κ2) is 8.23. The molecule has 0 saturated heterocycles. The summed E-state index contributed by atoms with van der Waals surface area (Å²) in [5.74, 6) is 0. The van der Waals surface area contributed by atoms with E-state index in [2.05, 4.69) is 13.7 Å². The Kier molecular flexibility index (Phi) is 7.99. The first-order chi connectivity index (χ1) is 6.20. The molecule has 0 bridgehead atoms. The van der Waals surface area contributed by atoms with Gasteiger partial charge >= 0.3 is 0 Å². The molecule has 0 heterocycles. The van der Waals surface area contributed by atoms with Gasteiger partial charge in [0.05, 0.1) is 39.1 Å². The molecule has 0 spiro atoms. The zero-order chi connectivity index (χ0) is 10.1. The lowest BCUT2D eigenvalue weighted by Gasteiger charge is -2.15. The fourth-order valence-electron chi connectivity index (χ4n) is 0.713. The number of rotatable bonds is 8. The number of hydrogen-bond acceptors (Lipinski definition) is 3. The Bertz CT molecular complexity index is 125. The summed E-state index contributed by atoms with van der Waals surface area (Å²) in [6.45, 7) is 9.10. The van der Waals surface area contributed by atoms with E-state index in [1.807, 2.05) is 13.8 Å². The van der Waals surface area contributed by atoms with Crippen LogP contribution in [0.5, 0.6) is 0 Å². The Morgan fingerprint density at radius 2 is 1.92 bits per heavy atom. The maximum Gasteiger partial charge on any atom is 0.0781 e. The number of ether oxygens (including phenoxy) is 3. The van der Waals surface area contributed by atoms with E-state index in [0.29, 0.717) is 19.8 Å². The average Bonchev–Trinajstić information content (AvgIpc) is 2.14. The molecule has 3 heteroatoms. The molecule has 3 nitrogen and oxygen atoms in total. The second-order valence-electron chi connectivity index (χ2n) is 2.95. The largest absolute Gasteiger partial charge is 0.375 e. The summed E-state index contributed by atoms with van der Waals surface area (Å²) in [7, 11) is 3.31. The van der Waals surface area contributed by atoms with Gasteiger partial charge in [0.2, 0.25) is 0 Å². The van der Waals surface area contributed by atoms with Crippen molar-refractivity contribution in [2.24, 2.45) is 0 Å². The maximum atomic E-state index is 5.42. The Morgan fingerprint density at radius 1 is 1.23 bits per heavy atom. The van der Waals surface area contributed by atoms with E-state index in [9.17, 15) is 0 Å². The normalized spacial score (nSPS) is 15.3. The van der Waals surface area contributed by atoms with Gasteiger partial charge in [-0.2, -0.15) is 0 Å². The van der Waals surface area contributed by atoms with Crippen molar-refractivity contribution in [1.29, 1.82) is 0 Å². The van der Waals surface area contributed by atoms with Crippen LogP contribution in [0.3, 0.4) is 0 Å². The average molecular weight is 187 g/mol. The quantitative estimate of drug-likeness (QED) is 0.428. The van der Waals surface area contributed by atoms with Crippen LogP contribution < -0.4 is 0 Å². The lowest BCUT2D eigenvalue weighted by atomic mass is 10.4. The van der Waals surface area contributed by atoms with E-state index >= 15 is 0 Å².